The summed E-state index contributed by atoms with van der Waals surface area (Å²) in [5, 5.41) is 14.7. The molecule has 3 amide bonds. The number of carbonyl (C=O) groups is 3. The highest BCUT2D eigenvalue weighted by atomic mass is 16.5. The number of carboxylic acids is 1. The molecule has 1 atom stereocenters. The zero-order chi connectivity index (χ0) is 19.5. The number of unbranched alkanes of at least 4 members (excludes halogenated alkanes) is 2. The largest absolute Gasteiger partial charge is 0.481 e. The van der Waals surface area contributed by atoms with E-state index in [1.54, 1.807) is 4.90 Å². The molecule has 2 fully saturated rings. The van der Waals surface area contributed by atoms with Crippen molar-refractivity contribution in [2.45, 2.75) is 76.4 Å². The van der Waals surface area contributed by atoms with Gasteiger partial charge in [0.05, 0.1) is 19.1 Å². The highest BCUT2D eigenvalue weighted by molar-refractivity contribution is 5.76. The first-order valence-electron chi connectivity index (χ1n) is 10.2. The second kappa shape index (κ2) is 11.8. The molecule has 154 valence electrons. The van der Waals surface area contributed by atoms with Crippen molar-refractivity contribution in [1.29, 1.82) is 0 Å². The Morgan fingerprint density at radius 3 is 2.59 bits per heavy atom. The van der Waals surface area contributed by atoms with Crippen LogP contribution in [0.3, 0.4) is 0 Å². The van der Waals surface area contributed by atoms with Crippen LogP contribution < -0.4 is 10.6 Å². The molecular weight excluding hydrogens is 350 g/mol. The summed E-state index contributed by atoms with van der Waals surface area (Å²) in [5.41, 5.74) is 0. The van der Waals surface area contributed by atoms with Crippen LogP contribution in [0.5, 0.6) is 0 Å². The fraction of sp³-hybridized carbons (Fsp3) is 0.842. The molecule has 1 saturated heterocycles. The Morgan fingerprint density at radius 1 is 1.07 bits per heavy atom. The molecule has 2 aliphatic rings. The van der Waals surface area contributed by atoms with Crippen molar-refractivity contribution < 1.29 is 24.2 Å². The summed E-state index contributed by atoms with van der Waals surface area (Å²) in [6.45, 7) is 1.89. The van der Waals surface area contributed by atoms with Crippen molar-refractivity contribution in [2.24, 2.45) is 0 Å². The average molecular weight is 383 g/mol. The van der Waals surface area contributed by atoms with Gasteiger partial charge in [-0.2, -0.15) is 0 Å². The van der Waals surface area contributed by atoms with Crippen LogP contribution in [0.4, 0.5) is 4.79 Å². The van der Waals surface area contributed by atoms with Crippen molar-refractivity contribution in [3.63, 3.8) is 0 Å². The Kier molecular flexibility index (Phi) is 9.38. The van der Waals surface area contributed by atoms with E-state index in [2.05, 4.69) is 10.6 Å². The molecule has 0 aromatic carbocycles. The minimum Gasteiger partial charge on any atom is -0.481 e. The first-order valence-corrected chi connectivity index (χ1v) is 10.2. The van der Waals surface area contributed by atoms with Gasteiger partial charge >= 0.3 is 12.0 Å². The summed E-state index contributed by atoms with van der Waals surface area (Å²) in [6, 6.07) is 0.227. The van der Waals surface area contributed by atoms with Crippen LogP contribution in [-0.2, 0) is 14.3 Å². The van der Waals surface area contributed by atoms with Crippen molar-refractivity contribution in [1.82, 2.24) is 15.5 Å². The minimum absolute atomic E-state index is 0.0525. The topological polar surface area (TPSA) is 108 Å². The number of hydrogen-bond acceptors (Lipinski definition) is 4. The number of rotatable bonds is 9. The van der Waals surface area contributed by atoms with Gasteiger partial charge in [-0.3, -0.25) is 9.59 Å². The van der Waals surface area contributed by atoms with E-state index in [-0.39, 0.29) is 18.4 Å². The molecule has 2 rings (SSSR count). The molecule has 8 nitrogen and oxygen atoms in total. The summed E-state index contributed by atoms with van der Waals surface area (Å²) < 4.78 is 5.38. The van der Waals surface area contributed by atoms with E-state index in [4.69, 9.17) is 9.84 Å². The predicted molar refractivity (Wildman–Crippen MR) is 100 cm³/mol. The quantitative estimate of drug-likeness (QED) is 0.527. The lowest BCUT2D eigenvalue weighted by Crippen LogP contribution is -2.46. The fourth-order valence-corrected chi connectivity index (χ4v) is 3.69. The number of amides is 3. The van der Waals surface area contributed by atoms with E-state index in [0.29, 0.717) is 38.7 Å². The summed E-state index contributed by atoms with van der Waals surface area (Å²) in [6.07, 6.45) is 8.26. The first kappa shape index (κ1) is 21.5. The third-order valence-electron chi connectivity index (χ3n) is 5.19. The van der Waals surface area contributed by atoms with E-state index >= 15 is 0 Å². The molecule has 1 heterocycles. The number of nitrogens with zero attached hydrogens (tertiary/aromatic N) is 1. The number of hydrogen-bond donors (Lipinski definition) is 3. The summed E-state index contributed by atoms with van der Waals surface area (Å²) >= 11 is 0. The number of morpholine rings is 1. The second-order valence-electron chi connectivity index (χ2n) is 7.48. The van der Waals surface area contributed by atoms with Gasteiger partial charge in [-0.05, 0) is 25.7 Å². The van der Waals surface area contributed by atoms with E-state index in [9.17, 15) is 14.4 Å². The van der Waals surface area contributed by atoms with Crippen molar-refractivity contribution >= 4 is 17.9 Å². The second-order valence-corrected chi connectivity index (χ2v) is 7.48. The SMILES string of the molecule is O=C(O)CC1CN(C(=O)CCCCCNC(=O)NC2CCCCC2)CCO1. The summed E-state index contributed by atoms with van der Waals surface area (Å²) in [5.74, 6) is -0.856. The third kappa shape index (κ3) is 8.60. The van der Waals surface area contributed by atoms with E-state index < -0.39 is 12.1 Å². The lowest BCUT2D eigenvalue weighted by atomic mass is 9.96. The minimum atomic E-state index is -0.908. The van der Waals surface area contributed by atoms with Crippen LogP contribution in [0.25, 0.3) is 0 Å². The fourth-order valence-electron chi connectivity index (χ4n) is 3.69. The molecule has 8 heteroatoms. The number of nitrogens with one attached hydrogen (secondary N) is 2. The Labute approximate surface area is 161 Å². The van der Waals surface area contributed by atoms with E-state index in [1.807, 2.05) is 0 Å². The van der Waals surface area contributed by atoms with Crippen LogP contribution in [-0.4, -0.2) is 66.3 Å². The third-order valence-corrected chi connectivity index (χ3v) is 5.19. The molecule has 27 heavy (non-hydrogen) atoms. The smallest absolute Gasteiger partial charge is 0.315 e. The zero-order valence-electron chi connectivity index (χ0n) is 16.1. The maximum atomic E-state index is 12.2. The first-order chi connectivity index (χ1) is 13.0. The van der Waals surface area contributed by atoms with Gasteiger partial charge in [0.1, 0.15) is 0 Å². The van der Waals surface area contributed by atoms with Gasteiger partial charge < -0.3 is 25.4 Å². The van der Waals surface area contributed by atoms with Crippen molar-refractivity contribution in [3.8, 4) is 0 Å². The lowest BCUT2D eigenvalue weighted by molar-refractivity contribution is -0.147. The maximum absolute atomic E-state index is 12.2. The molecule has 1 aliphatic carbocycles. The molecule has 1 aliphatic heterocycles. The number of carbonyl (C=O) groups excluding carboxylic acids is 2. The lowest BCUT2D eigenvalue weighted by Gasteiger charge is -2.32. The van der Waals surface area contributed by atoms with Crippen LogP contribution in [0.2, 0.25) is 0 Å². The van der Waals surface area contributed by atoms with Crippen LogP contribution in [0, 0.1) is 0 Å². The molecule has 0 radical (unpaired) electrons. The molecule has 1 saturated carbocycles. The molecule has 0 bridgehead atoms. The highest BCUT2D eigenvalue weighted by Gasteiger charge is 2.25. The molecule has 0 aromatic rings. The van der Waals surface area contributed by atoms with Gasteiger partial charge in [0.15, 0.2) is 0 Å². The molecule has 1 unspecified atom stereocenters. The van der Waals surface area contributed by atoms with Crippen LogP contribution >= 0.6 is 0 Å². The number of carboxylic acid groups (broad SMARTS) is 1. The normalized spacial score (nSPS) is 20.9. The Balaban J connectivity index is 1.50. The van der Waals surface area contributed by atoms with Crippen LogP contribution in [0.1, 0.15) is 64.2 Å². The maximum Gasteiger partial charge on any atom is 0.315 e. The number of ether oxygens (including phenoxy) is 1. The van der Waals surface area contributed by atoms with Crippen molar-refractivity contribution in [2.75, 3.05) is 26.2 Å². The number of aliphatic carboxylic acids is 1. The van der Waals surface area contributed by atoms with Gasteiger partial charge in [-0.25, -0.2) is 4.79 Å². The standard InChI is InChI=1S/C19H33N3O5/c23-17(22-11-12-27-16(14-22)13-18(24)25)9-5-2-6-10-20-19(26)21-15-7-3-1-4-8-15/h15-16H,1-14H2,(H,24,25)(H2,20,21,26). The van der Waals surface area contributed by atoms with Gasteiger partial charge in [-0.15, -0.1) is 0 Å². The Hall–Kier alpha value is -1.83. The highest BCUT2D eigenvalue weighted by Crippen LogP contribution is 2.17. The van der Waals surface area contributed by atoms with Gasteiger partial charge in [0, 0.05) is 32.1 Å². The van der Waals surface area contributed by atoms with Crippen molar-refractivity contribution in [3.05, 3.63) is 0 Å². The zero-order valence-corrected chi connectivity index (χ0v) is 16.1. The van der Waals surface area contributed by atoms with E-state index in [1.165, 1.54) is 19.3 Å². The molecule has 0 aromatic heterocycles. The summed E-state index contributed by atoms with van der Waals surface area (Å²) in [7, 11) is 0. The summed E-state index contributed by atoms with van der Waals surface area (Å²) in [4.78, 5) is 36.5. The van der Waals surface area contributed by atoms with Gasteiger partial charge in [0.2, 0.25) is 5.91 Å². The number of urea groups is 1. The Bertz CT molecular complexity index is 494. The molecule has 3 N–H and O–H groups in total. The average Bonchev–Trinajstić information content (AvgIpc) is 2.65. The van der Waals surface area contributed by atoms with Gasteiger partial charge in [-0.1, -0.05) is 25.7 Å². The molecule has 0 spiro atoms. The monoisotopic (exact) mass is 383 g/mol. The molecular formula is C19H33N3O5. The van der Waals surface area contributed by atoms with Gasteiger partial charge in [0.25, 0.3) is 0 Å². The Morgan fingerprint density at radius 2 is 1.85 bits per heavy atom. The predicted octanol–water partition coefficient (Wildman–Crippen LogP) is 1.88. The van der Waals surface area contributed by atoms with Crippen LogP contribution in [0.15, 0.2) is 0 Å². The van der Waals surface area contributed by atoms with E-state index in [0.717, 1.165) is 32.1 Å².